The van der Waals surface area contributed by atoms with Crippen molar-refractivity contribution in [3.8, 4) is 0 Å². The molecule has 6 nitrogen and oxygen atoms in total. The Labute approximate surface area is 79.9 Å². The largest absolute Gasteiger partial charge is 0.475 e. The normalized spacial score (nSPS) is 11.8. The molecule has 0 aliphatic rings. The number of ketones is 1. The lowest BCUT2D eigenvalue weighted by Gasteiger charge is -2.11. The fourth-order valence-electron chi connectivity index (χ4n) is 0.596. The van der Waals surface area contributed by atoms with E-state index in [-0.39, 0.29) is 12.3 Å². The number of Topliss-reactive ketones (excluding diaryl/α,β-unsaturated/α-hetero) is 1. The van der Waals surface area contributed by atoms with Gasteiger partial charge in [0.15, 0.2) is 0 Å². The summed E-state index contributed by atoms with van der Waals surface area (Å²) in [5.41, 5.74) is 4.96. The average Bonchev–Trinajstić information content (AvgIpc) is 2.12. The van der Waals surface area contributed by atoms with Crippen LogP contribution in [0.2, 0.25) is 0 Å². The van der Waals surface area contributed by atoms with Gasteiger partial charge >= 0.3 is 5.97 Å². The minimum atomic E-state index is -1.60. The van der Waals surface area contributed by atoms with Crippen LogP contribution in [0.4, 0.5) is 0 Å². The second-order valence-electron chi connectivity index (χ2n) is 2.18. The standard InChI is InChI=1S/C6H10N2O4S/c7-1-4(9)8-3(2-13)5(10)6(11)12/h3,13H,1-2,7H2,(H,8,9)(H,11,12)/i8+1. The molecule has 13 heavy (non-hydrogen) atoms. The van der Waals surface area contributed by atoms with Crippen molar-refractivity contribution in [1.82, 2.24) is 5.32 Å². The minimum absolute atomic E-state index is 0.0725. The second-order valence-corrected chi connectivity index (χ2v) is 2.54. The highest BCUT2D eigenvalue weighted by Gasteiger charge is 2.24. The first kappa shape index (κ1) is 11.9. The van der Waals surface area contributed by atoms with E-state index < -0.39 is 23.7 Å². The third-order valence-corrected chi connectivity index (χ3v) is 1.60. The number of nitrogens with two attached hydrogens (primary N) is 1. The van der Waals surface area contributed by atoms with E-state index in [4.69, 9.17) is 10.8 Å². The highest BCUT2D eigenvalue weighted by Crippen LogP contribution is 1.90. The maximum Gasteiger partial charge on any atom is 0.374 e. The molecule has 0 aromatic rings. The van der Waals surface area contributed by atoms with Crippen LogP contribution in [0.3, 0.4) is 0 Å². The van der Waals surface area contributed by atoms with Gasteiger partial charge in [-0.15, -0.1) is 0 Å². The fourth-order valence-corrected chi connectivity index (χ4v) is 0.854. The van der Waals surface area contributed by atoms with Crippen LogP contribution in [0.5, 0.6) is 0 Å². The summed E-state index contributed by atoms with van der Waals surface area (Å²) in [5.74, 6) is -3.36. The molecule has 0 saturated carbocycles. The number of carboxylic acids is 1. The molecular formula is C6H10N2O4S. The van der Waals surface area contributed by atoms with E-state index in [1.54, 1.807) is 0 Å². The molecule has 0 heterocycles. The number of aliphatic carboxylic acids is 1. The zero-order valence-corrected chi connectivity index (χ0v) is 7.58. The number of thiol groups is 1. The van der Waals surface area contributed by atoms with Crippen molar-refractivity contribution in [3.63, 3.8) is 0 Å². The zero-order chi connectivity index (χ0) is 10.4. The number of carboxylic acid groups (broad SMARTS) is 1. The summed E-state index contributed by atoms with van der Waals surface area (Å²) in [4.78, 5) is 31.7. The summed E-state index contributed by atoms with van der Waals surface area (Å²) < 4.78 is 0. The topological polar surface area (TPSA) is 109 Å². The Morgan fingerprint density at radius 2 is 2.00 bits per heavy atom. The van der Waals surface area contributed by atoms with E-state index in [0.29, 0.717) is 0 Å². The second kappa shape index (κ2) is 5.55. The van der Waals surface area contributed by atoms with E-state index in [9.17, 15) is 14.4 Å². The minimum Gasteiger partial charge on any atom is -0.475 e. The molecule has 0 radical (unpaired) electrons. The number of nitrogens with one attached hydrogen (secondary N) is 1. The molecule has 0 aromatic carbocycles. The Kier molecular flexibility index (Phi) is 5.09. The van der Waals surface area contributed by atoms with Crippen molar-refractivity contribution < 1.29 is 19.5 Å². The summed E-state index contributed by atoms with van der Waals surface area (Å²) in [7, 11) is 0. The van der Waals surface area contributed by atoms with Gasteiger partial charge in [0.25, 0.3) is 5.78 Å². The molecule has 0 spiro atoms. The fraction of sp³-hybridized carbons (Fsp3) is 0.500. The zero-order valence-electron chi connectivity index (χ0n) is 6.69. The van der Waals surface area contributed by atoms with Gasteiger partial charge in [-0.05, 0) is 0 Å². The van der Waals surface area contributed by atoms with Crippen LogP contribution >= 0.6 is 12.6 Å². The Morgan fingerprint density at radius 3 is 2.31 bits per heavy atom. The van der Waals surface area contributed by atoms with Crippen LogP contribution in [0.25, 0.3) is 0 Å². The van der Waals surface area contributed by atoms with Gasteiger partial charge < -0.3 is 16.2 Å². The van der Waals surface area contributed by atoms with Crippen LogP contribution in [0.1, 0.15) is 0 Å². The van der Waals surface area contributed by atoms with Gasteiger partial charge in [-0.3, -0.25) is 9.59 Å². The lowest BCUT2D eigenvalue weighted by atomic mass is 10.2. The Bertz CT molecular complexity index is 231. The van der Waals surface area contributed by atoms with Gasteiger partial charge in [-0.2, -0.15) is 12.6 Å². The van der Waals surface area contributed by atoms with Crippen LogP contribution in [0.15, 0.2) is 0 Å². The first-order valence-corrected chi connectivity index (χ1v) is 4.03. The molecule has 1 atom stereocenters. The molecule has 1 unspecified atom stereocenters. The molecule has 0 aliphatic heterocycles. The van der Waals surface area contributed by atoms with E-state index in [0.717, 1.165) is 0 Å². The summed E-state index contributed by atoms with van der Waals surface area (Å²) >= 11 is 3.72. The third kappa shape index (κ3) is 3.90. The number of hydrogen-bond acceptors (Lipinski definition) is 5. The first-order chi connectivity index (χ1) is 6.02. The smallest absolute Gasteiger partial charge is 0.374 e. The number of rotatable bonds is 5. The predicted octanol–water partition coefficient (Wildman–Crippen LogP) is -1.99. The highest BCUT2D eigenvalue weighted by molar-refractivity contribution is 7.80. The molecule has 0 aromatic heterocycles. The molecule has 0 aliphatic carbocycles. The first-order valence-electron chi connectivity index (χ1n) is 3.40. The summed E-state index contributed by atoms with van der Waals surface area (Å²) in [5, 5.41) is 10.4. The van der Waals surface area contributed by atoms with Gasteiger partial charge in [0.05, 0.1) is 6.54 Å². The Morgan fingerprint density at radius 1 is 1.46 bits per heavy atom. The van der Waals surface area contributed by atoms with Crippen LogP contribution < -0.4 is 11.1 Å². The monoisotopic (exact) mass is 207 g/mol. The highest BCUT2D eigenvalue weighted by atomic mass is 32.1. The van der Waals surface area contributed by atoms with E-state index >= 15 is 0 Å². The SMILES string of the molecule is NCC(=O)[15NH]C(CS)C(=O)C(=O)O. The number of carbonyl (C=O) groups is 3. The van der Waals surface area contributed by atoms with Crippen LogP contribution in [-0.4, -0.2) is 41.1 Å². The Balaban J connectivity index is 4.26. The molecule has 74 valence electrons. The molecule has 4 N–H and O–H groups in total. The summed E-state index contributed by atoms with van der Waals surface area (Å²) in [6, 6.07) is -1.11. The van der Waals surface area contributed by atoms with Crippen LogP contribution in [-0.2, 0) is 14.4 Å². The number of carbonyl (C=O) groups excluding carboxylic acids is 2. The number of hydrogen-bond donors (Lipinski definition) is 4. The van der Waals surface area contributed by atoms with E-state index in [1.165, 1.54) is 0 Å². The maximum atomic E-state index is 10.8. The van der Waals surface area contributed by atoms with Crippen molar-refractivity contribution in [2.45, 2.75) is 6.04 Å². The predicted molar refractivity (Wildman–Crippen MR) is 47.5 cm³/mol. The van der Waals surface area contributed by atoms with Crippen molar-refractivity contribution >= 4 is 30.3 Å². The van der Waals surface area contributed by atoms with Crippen LogP contribution in [0, 0.1) is 0 Å². The van der Waals surface area contributed by atoms with Gasteiger partial charge in [0, 0.05) is 5.75 Å². The lowest BCUT2D eigenvalue weighted by Crippen LogP contribution is -2.47. The van der Waals surface area contributed by atoms with Gasteiger partial charge in [0.2, 0.25) is 5.91 Å². The molecule has 0 fully saturated rings. The van der Waals surface area contributed by atoms with Crippen molar-refractivity contribution in [2.75, 3.05) is 12.3 Å². The van der Waals surface area contributed by atoms with Crippen molar-refractivity contribution in [1.29, 1.82) is 0 Å². The summed E-state index contributed by atoms with van der Waals surface area (Å²) in [6.07, 6.45) is 0. The Hall–Kier alpha value is -1.08. The average molecular weight is 207 g/mol. The molecular weight excluding hydrogens is 197 g/mol. The van der Waals surface area contributed by atoms with Crippen molar-refractivity contribution in [2.24, 2.45) is 5.73 Å². The lowest BCUT2D eigenvalue weighted by molar-refractivity contribution is -0.150. The van der Waals surface area contributed by atoms with E-state index in [1.807, 2.05) is 0 Å². The van der Waals surface area contributed by atoms with Gasteiger partial charge in [0.1, 0.15) is 6.04 Å². The van der Waals surface area contributed by atoms with Crippen molar-refractivity contribution in [3.05, 3.63) is 0 Å². The molecule has 0 saturated heterocycles. The molecule has 7 heteroatoms. The van der Waals surface area contributed by atoms with E-state index in [2.05, 4.69) is 17.9 Å². The number of amides is 1. The maximum absolute atomic E-state index is 10.8. The third-order valence-electron chi connectivity index (χ3n) is 1.23. The van der Waals surface area contributed by atoms with Gasteiger partial charge in [-0.1, -0.05) is 0 Å². The quantitative estimate of drug-likeness (QED) is 0.237. The molecule has 0 bridgehead atoms. The summed E-state index contributed by atoms with van der Waals surface area (Å²) in [6.45, 7) is -0.294. The molecule has 0 rings (SSSR count). The molecule has 1 amide bonds. The van der Waals surface area contributed by atoms with Gasteiger partial charge in [-0.25, -0.2) is 4.79 Å².